The van der Waals surface area contributed by atoms with Crippen molar-refractivity contribution in [1.29, 1.82) is 0 Å². The zero-order chi connectivity index (χ0) is 24.2. The Bertz CT molecular complexity index is 1340. The zero-order valence-electron chi connectivity index (χ0n) is 18.0. The number of rotatable bonds is 7. The van der Waals surface area contributed by atoms with Crippen LogP contribution < -0.4 is 10.2 Å². The van der Waals surface area contributed by atoms with Gasteiger partial charge in [0.1, 0.15) is 5.69 Å². The Hall–Kier alpha value is -3.87. The molecule has 1 heterocycles. The summed E-state index contributed by atoms with van der Waals surface area (Å²) in [7, 11) is 1.88. The summed E-state index contributed by atoms with van der Waals surface area (Å²) in [5.74, 6) is -1.52. The van der Waals surface area contributed by atoms with Crippen molar-refractivity contribution < 1.29 is 14.7 Å². The summed E-state index contributed by atoms with van der Waals surface area (Å²) in [6, 6.07) is 22.1. The fourth-order valence-electron chi connectivity index (χ4n) is 3.33. The van der Waals surface area contributed by atoms with Crippen LogP contribution >= 0.6 is 23.2 Å². The zero-order valence-corrected chi connectivity index (χ0v) is 19.5. The van der Waals surface area contributed by atoms with Gasteiger partial charge in [-0.3, -0.25) is 9.78 Å². The van der Waals surface area contributed by atoms with E-state index in [-0.39, 0.29) is 22.6 Å². The monoisotopic (exact) mass is 491 g/mol. The van der Waals surface area contributed by atoms with Gasteiger partial charge in [0.25, 0.3) is 0 Å². The molecule has 0 saturated carbocycles. The first-order valence-electron chi connectivity index (χ1n) is 10.2. The fraction of sp³-hybridized carbons (Fsp3) is 0.0385. The molecule has 6 nitrogen and oxygen atoms in total. The number of nitrogens with one attached hydrogen (secondary N) is 1. The van der Waals surface area contributed by atoms with Crippen LogP contribution in [0.25, 0.3) is 0 Å². The van der Waals surface area contributed by atoms with E-state index >= 15 is 0 Å². The van der Waals surface area contributed by atoms with Gasteiger partial charge in [-0.25, -0.2) is 4.79 Å². The topological polar surface area (TPSA) is 82.5 Å². The highest BCUT2D eigenvalue weighted by Gasteiger charge is 2.16. The van der Waals surface area contributed by atoms with Gasteiger partial charge in [-0.05, 0) is 78.9 Å². The Kier molecular flexibility index (Phi) is 6.82. The van der Waals surface area contributed by atoms with E-state index < -0.39 is 5.97 Å². The molecule has 8 heteroatoms. The van der Waals surface area contributed by atoms with E-state index in [9.17, 15) is 14.7 Å². The summed E-state index contributed by atoms with van der Waals surface area (Å²) in [4.78, 5) is 31.0. The molecule has 34 heavy (non-hydrogen) atoms. The Morgan fingerprint density at radius 3 is 1.97 bits per heavy atom. The predicted octanol–water partition coefficient (Wildman–Crippen LogP) is 6.83. The predicted molar refractivity (Wildman–Crippen MR) is 135 cm³/mol. The van der Waals surface area contributed by atoms with E-state index in [2.05, 4.69) is 10.3 Å². The number of halogens is 2. The Labute approximate surface area is 206 Å². The SMILES string of the molecule is CN(c1ccc(Cl)cc1)c1ccc(C(=O)c2cc(Nc3ccc(Cl)cc3)cc(C(=O)O)c2)nc1. The third kappa shape index (κ3) is 5.36. The van der Waals surface area contributed by atoms with E-state index in [4.69, 9.17) is 23.2 Å². The van der Waals surface area contributed by atoms with Crippen molar-refractivity contribution in [1.82, 2.24) is 4.98 Å². The molecule has 0 aliphatic rings. The third-order valence-corrected chi connectivity index (χ3v) is 5.66. The molecular weight excluding hydrogens is 473 g/mol. The van der Waals surface area contributed by atoms with Gasteiger partial charge in [-0.2, -0.15) is 0 Å². The normalized spacial score (nSPS) is 10.6. The molecule has 0 aliphatic carbocycles. The van der Waals surface area contributed by atoms with Gasteiger partial charge in [-0.15, -0.1) is 0 Å². The number of aromatic carboxylic acids is 1. The highest BCUT2D eigenvalue weighted by atomic mass is 35.5. The first-order chi connectivity index (χ1) is 16.3. The van der Waals surface area contributed by atoms with E-state index in [0.29, 0.717) is 21.4 Å². The number of anilines is 4. The molecule has 4 rings (SSSR count). The van der Waals surface area contributed by atoms with Crippen molar-refractivity contribution in [2.45, 2.75) is 0 Å². The van der Waals surface area contributed by atoms with E-state index in [0.717, 1.165) is 11.4 Å². The Morgan fingerprint density at radius 1 is 0.794 bits per heavy atom. The van der Waals surface area contributed by atoms with Gasteiger partial charge < -0.3 is 15.3 Å². The van der Waals surface area contributed by atoms with Crippen molar-refractivity contribution in [3.63, 3.8) is 0 Å². The lowest BCUT2D eigenvalue weighted by molar-refractivity contribution is 0.0697. The Morgan fingerprint density at radius 2 is 1.38 bits per heavy atom. The number of carboxylic acids is 1. The minimum Gasteiger partial charge on any atom is -0.478 e. The minimum atomic E-state index is -1.14. The highest BCUT2D eigenvalue weighted by molar-refractivity contribution is 6.30. The second-order valence-electron chi connectivity index (χ2n) is 7.50. The number of ketones is 1. The van der Waals surface area contributed by atoms with Gasteiger partial charge in [-0.1, -0.05) is 23.2 Å². The summed E-state index contributed by atoms with van der Waals surface area (Å²) >= 11 is 11.9. The number of carboxylic acid groups (broad SMARTS) is 1. The van der Waals surface area contributed by atoms with Crippen LogP contribution in [0.3, 0.4) is 0 Å². The minimum absolute atomic E-state index is 0.0126. The number of carbonyl (C=O) groups is 2. The molecule has 170 valence electrons. The number of aromatic nitrogens is 1. The third-order valence-electron chi connectivity index (χ3n) is 5.16. The van der Waals surface area contributed by atoms with Gasteiger partial charge in [0.2, 0.25) is 5.78 Å². The number of hydrogen-bond donors (Lipinski definition) is 2. The summed E-state index contributed by atoms with van der Waals surface area (Å²) in [5.41, 5.74) is 3.26. The van der Waals surface area contributed by atoms with Crippen molar-refractivity contribution in [3.05, 3.63) is 112 Å². The van der Waals surface area contributed by atoms with Crippen LogP contribution in [0.5, 0.6) is 0 Å². The molecule has 0 aliphatic heterocycles. The lowest BCUT2D eigenvalue weighted by Gasteiger charge is -2.19. The van der Waals surface area contributed by atoms with E-state index in [1.807, 2.05) is 24.1 Å². The molecule has 0 unspecified atom stereocenters. The molecule has 0 bridgehead atoms. The van der Waals surface area contributed by atoms with Crippen molar-refractivity contribution in [3.8, 4) is 0 Å². The standard InChI is InChI=1S/C26H19Cl2N3O3/c1-31(22-8-4-19(28)5-9-22)23-10-11-24(29-15-23)25(32)16-12-17(26(33)34)14-21(13-16)30-20-6-2-18(27)3-7-20/h2-15,30H,1H3,(H,33,34). The molecule has 0 amide bonds. The first-order valence-corrected chi connectivity index (χ1v) is 11.0. The van der Waals surface area contributed by atoms with Crippen molar-refractivity contribution >= 4 is 57.7 Å². The lowest BCUT2D eigenvalue weighted by Crippen LogP contribution is -2.11. The molecule has 0 radical (unpaired) electrons. The number of nitrogens with zero attached hydrogens (tertiary/aromatic N) is 2. The van der Waals surface area contributed by atoms with Gasteiger partial charge in [0, 0.05) is 39.7 Å². The average Bonchev–Trinajstić information content (AvgIpc) is 2.85. The molecule has 1 aromatic heterocycles. The maximum Gasteiger partial charge on any atom is 0.335 e. The first kappa shape index (κ1) is 23.3. The summed E-state index contributed by atoms with van der Waals surface area (Å²) in [6.45, 7) is 0. The molecule has 3 aromatic carbocycles. The lowest BCUT2D eigenvalue weighted by atomic mass is 10.0. The van der Waals surface area contributed by atoms with E-state index in [1.54, 1.807) is 60.8 Å². The van der Waals surface area contributed by atoms with Gasteiger partial charge >= 0.3 is 5.97 Å². The molecule has 2 N–H and O–H groups in total. The summed E-state index contributed by atoms with van der Waals surface area (Å²) in [5, 5.41) is 13.9. The largest absolute Gasteiger partial charge is 0.478 e. The highest BCUT2D eigenvalue weighted by Crippen LogP contribution is 2.26. The van der Waals surface area contributed by atoms with Crippen LogP contribution in [0.1, 0.15) is 26.4 Å². The van der Waals surface area contributed by atoms with Crippen molar-refractivity contribution in [2.75, 3.05) is 17.3 Å². The molecular formula is C26H19Cl2N3O3. The van der Waals surface area contributed by atoms with Crippen LogP contribution in [-0.2, 0) is 0 Å². The second-order valence-corrected chi connectivity index (χ2v) is 8.38. The van der Waals surface area contributed by atoms with Crippen LogP contribution in [0.15, 0.2) is 85.1 Å². The van der Waals surface area contributed by atoms with Gasteiger partial charge in [0.15, 0.2) is 0 Å². The quantitative estimate of drug-likeness (QED) is 0.275. The van der Waals surface area contributed by atoms with Crippen LogP contribution in [-0.4, -0.2) is 28.9 Å². The maximum absolute atomic E-state index is 13.1. The molecule has 0 saturated heterocycles. The summed E-state index contributed by atoms with van der Waals surface area (Å²) in [6.07, 6.45) is 1.59. The molecule has 0 atom stereocenters. The van der Waals surface area contributed by atoms with Crippen LogP contribution in [0, 0.1) is 0 Å². The number of benzene rings is 3. The van der Waals surface area contributed by atoms with E-state index in [1.165, 1.54) is 12.1 Å². The molecule has 4 aromatic rings. The van der Waals surface area contributed by atoms with Crippen LogP contribution in [0.4, 0.5) is 22.7 Å². The van der Waals surface area contributed by atoms with Crippen LogP contribution in [0.2, 0.25) is 10.0 Å². The smallest absolute Gasteiger partial charge is 0.335 e. The van der Waals surface area contributed by atoms with Gasteiger partial charge in [0.05, 0.1) is 17.4 Å². The number of carbonyl (C=O) groups excluding carboxylic acids is 1. The maximum atomic E-state index is 13.1. The average molecular weight is 492 g/mol. The van der Waals surface area contributed by atoms with Crippen molar-refractivity contribution in [2.24, 2.45) is 0 Å². The molecule has 0 fully saturated rings. The Balaban J connectivity index is 1.60. The fourth-order valence-corrected chi connectivity index (χ4v) is 3.59. The number of hydrogen-bond acceptors (Lipinski definition) is 5. The second kappa shape index (κ2) is 9.95. The number of pyridine rings is 1. The summed E-state index contributed by atoms with van der Waals surface area (Å²) < 4.78 is 0. The molecule has 0 spiro atoms.